The third-order valence-electron chi connectivity index (χ3n) is 5.29. The van der Waals surface area contributed by atoms with E-state index >= 15 is 0 Å². The molecule has 0 amide bonds. The van der Waals surface area contributed by atoms with Crippen molar-refractivity contribution in [3.63, 3.8) is 0 Å². The zero-order chi connectivity index (χ0) is 22.2. The van der Waals surface area contributed by atoms with Crippen molar-refractivity contribution in [2.45, 2.75) is 71.1 Å². The van der Waals surface area contributed by atoms with Crippen molar-refractivity contribution in [2.75, 3.05) is 13.2 Å². The highest BCUT2D eigenvalue weighted by Gasteiger charge is 1.99. The van der Waals surface area contributed by atoms with Gasteiger partial charge in [-0.15, -0.1) is 6.42 Å². The van der Waals surface area contributed by atoms with Gasteiger partial charge in [0.25, 0.3) is 0 Å². The molecule has 0 atom stereocenters. The van der Waals surface area contributed by atoms with Gasteiger partial charge in [-0.1, -0.05) is 57.3 Å². The molecule has 2 aromatic carbocycles. The molecule has 0 bridgehead atoms. The van der Waals surface area contributed by atoms with Crippen LogP contribution in [0.4, 0.5) is 11.4 Å². The molecule has 0 aliphatic carbocycles. The molecule has 0 radical (unpaired) electrons. The summed E-state index contributed by atoms with van der Waals surface area (Å²) in [7, 11) is 0. The Hall–Kier alpha value is -2.64. The first kappa shape index (κ1) is 24.6. The number of hydrogen-bond donors (Lipinski definition) is 1. The summed E-state index contributed by atoms with van der Waals surface area (Å²) in [4.78, 5) is 0. The highest BCUT2D eigenvalue weighted by Crippen LogP contribution is 2.24. The smallest absolute Gasteiger partial charge is 0.119 e. The third-order valence-corrected chi connectivity index (χ3v) is 5.29. The molecular weight excluding hydrogens is 384 g/mol. The molecule has 166 valence electrons. The topological polar surface area (TPSA) is 54.2 Å². The molecule has 0 heterocycles. The molecule has 2 rings (SSSR count). The number of azo groups is 1. The van der Waals surface area contributed by atoms with Gasteiger partial charge in [-0.25, -0.2) is 0 Å². The normalized spacial score (nSPS) is 11.0. The van der Waals surface area contributed by atoms with Crippen molar-refractivity contribution in [1.29, 1.82) is 0 Å². The van der Waals surface area contributed by atoms with Crippen LogP contribution >= 0.6 is 0 Å². The number of unbranched alkanes of at least 4 members (excludes halogenated alkanes) is 9. The Labute approximate surface area is 187 Å². The van der Waals surface area contributed by atoms with Crippen LogP contribution in [0.3, 0.4) is 0 Å². The second kappa shape index (κ2) is 15.2. The van der Waals surface area contributed by atoms with E-state index in [0.717, 1.165) is 54.1 Å². The van der Waals surface area contributed by atoms with Crippen molar-refractivity contribution in [3.05, 3.63) is 53.6 Å². The first-order chi connectivity index (χ1) is 15.2. The molecule has 2 aromatic rings. The second-order valence-corrected chi connectivity index (χ2v) is 7.95. The highest BCUT2D eigenvalue weighted by molar-refractivity contribution is 5.51. The van der Waals surface area contributed by atoms with Crippen LogP contribution in [0, 0.1) is 19.3 Å². The van der Waals surface area contributed by atoms with E-state index in [0.29, 0.717) is 6.61 Å². The summed E-state index contributed by atoms with van der Waals surface area (Å²) in [5.74, 6) is 3.50. The average Bonchev–Trinajstić information content (AvgIpc) is 2.79. The van der Waals surface area contributed by atoms with Crippen LogP contribution in [0.15, 0.2) is 52.7 Å². The second-order valence-electron chi connectivity index (χ2n) is 7.95. The Bertz CT molecular complexity index is 822. The van der Waals surface area contributed by atoms with E-state index in [2.05, 4.69) is 16.1 Å². The van der Waals surface area contributed by atoms with Crippen LogP contribution in [-0.4, -0.2) is 18.3 Å². The van der Waals surface area contributed by atoms with Gasteiger partial charge >= 0.3 is 0 Å². The first-order valence-electron chi connectivity index (χ1n) is 11.6. The van der Waals surface area contributed by atoms with Crippen molar-refractivity contribution >= 4 is 11.4 Å². The Kier molecular flexibility index (Phi) is 12.1. The third kappa shape index (κ3) is 10.3. The fourth-order valence-electron chi connectivity index (χ4n) is 3.40. The summed E-state index contributed by atoms with van der Waals surface area (Å²) in [5, 5.41) is 17.4. The SMILES string of the molecule is C#Cc1ccc(N=Nc2ccc(OCCCCCCCCCCCCO)cc2)c(C)c1. The Balaban J connectivity index is 1.58. The number of hydrogen-bond acceptors (Lipinski definition) is 4. The fourth-order valence-corrected chi connectivity index (χ4v) is 3.40. The fraction of sp³-hybridized carbons (Fsp3) is 0.481. The van der Waals surface area contributed by atoms with Gasteiger partial charge < -0.3 is 9.84 Å². The van der Waals surface area contributed by atoms with Crippen LogP contribution < -0.4 is 4.74 Å². The lowest BCUT2D eigenvalue weighted by Gasteiger charge is -2.06. The summed E-state index contributed by atoms with van der Waals surface area (Å²) in [6.45, 7) is 3.07. The molecule has 0 saturated carbocycles. The number of terminal acetylenes is 1. The largest absolute Gasteiger partial charge is 0.494 e. The molecule has 1 N–H and O–H groups in total. The number of ether oxygens (including phenoxy) is 1. The number of benzene rings is 2. The van der Waals surface area contributed by atoms with Gasteiger partial charge in [0.15, 0.2) is 0 Å². The van der Waals surface area contributed by atoms with E-state index < -0.39 is 0 Å². The van der Waals surface area contributed by atoms with Crippen LogP contribution in [-0.2, 0) is 0 Å². The Morgan fingerprint density at radius 3 is 2.00 bits per heavy atom. The average molecular weight is 421 g/mol. The minimum Gasteiger partial charge on any atom is -0.494 e. The summed E-state index contributed by atoms with van der Waals surface area (Å²) in [6, 6.07) is 13.4. The molecule has 0 fully saturated rings. The zero-order valence-electron chi connectivity index (χ0n) is 18.9. The summed E-state index contributed by atoms with van der Waals surface area (Å²) in [5.41, 5.74) is 3.48. The van der Waals surface area contributed by atoms with Crippen molar-refractivity contribution in [3.8, 4) is 18.1 Å². The predicted octanol–water partition coefficient (Wildman–Crippen LogP) is 7.66. The number of aliphatic hydroxyl groups is 1. The minimum absolute atomic E-state index is 0.334. The van der Waals surface area contributed by atoms with E-state index in [-0.39, 0.29) is 0 Å². The Morgan fingerprint density at radius 2 is 1.42 bits per heavy atom. The van der Waals surface area contributed by atoms with Gasteiger partial charge in [0, 0.05) is 12.2 Å². The molecule has 0 aliphatic rings. The van der Waals surface area contributed by atoms with Gasteiger partial charge in [-0.3, -0.25) is 0 Å². The molecule has 0 aliphatic heterocycles. The van der Waals surface area contributed by atoms with Gasteiger partial charge in [-0.2, -0.15) is 10.2 Å². The lowest BCUT2D eigenvalue weighted by molar-refractivity contribution is 0.282. The summed E-state index contributed by atoms with van der Waals surface area (Å²) >= 11 is 0. The van der Waals surface area contributed by atoms with Crippen molar-refractivity contribution in [1.82, 2.24) is 0 Å². The first-order valence-corrected chi connectivity index (χ1v) is 11.6. The zero-order valence-corrected chi connectivity index (χ0v) is 18.9. The van der Waals surface area contributed by atoms with Gasteiger partial charge in [0.2, 0.25) is 0 Å². The minimum atomic E-state index is 0.334. The molecule has 0 unspecified atom stereocenters. The van der Waals surface area contributed by atoms with Crippen LogP contribution in [0.2, 0.25) is 0 Å². The highest BCUT2D eigenvalue weighted by atomic mass is 16.5. The van der Waals surface area contributed by atoms with Gasteiger partial charge in [0.1, 0.15) is 5.75 Å². The van der Waals surface area contributed by atoms with E-state index in [9.17, 15) is 0 Å². The summed E-state index contributed by atoms with van der Waals surface area (Å²) < 4.78 is 5.84. The number of rotatable bonds is 15. The van der Waals surface area contributed by atoms with Crippen LogP contribution in [0.25, 0.3) is 0 Å². The van der Waals surface area contributed by atoms with E-state index in [4.69, 9.17) is 16.3 Å². The lowest BCUT2D eigenvalue weighted by Crippen LogP contribution is -1.96. The maximum absolute atomic E-state index is 8.75. The molecule has 0 saturated heterocycles. The van der Waals surface area contributed by atoms with E-state index in [1.165, 1.54) is 44.9 Å². The van der Waals surface area contributed by atoms with Crippen LogP contribution in [0.1, 0.15) is 75.3 Å². The number of nitrogens with zero attached hydrogens (tertiary/aromatic N) is 2. The number of aryl methyl sites for hydroxylation is 1. The lowest BCUT2D eigenvalue weighted by atomic mass is 10.1. The maximum Gasteiger partial charge on any atom is 0.119 e. The molecular formula is C27H36N2O2. The van der Waals surface area contributed by atoms with Crippen molar-refractivity contribution in [2.24, 2.45) is 10.2 Å². The van der Waals surface area contributed by atoms with Crippen LogP contribution in [0.5, 0.6) is 5.75 Å². The molecule has 4 nitrogen and oxygen atoms in total. The predicted molar refractivity (Wildman–Crippen MR) is 128 cm³/mol. The van der Waals surface area contributed by atoms with Gasteiger partial charge in [-0.05, 0) is 67.8 Å². The van der Waals surface area contributed by atoms with Gasteiger partial charge in [0.05, 0.1) is 18.0 Å². The monoisotopic (exact) mass is 420 g/mol. The quantitative estimate of drug-likeness (QED) is 0.183. The molecule has 0 spiro atoms. The number of aliphatic hydroxyl groups excluding tert-OH is 1. The van der Waals surface area contributed by atoms with E-state index in [1.807, 2.05) is 49.4 Å². The van der Waals surface area contributed by atoms with Crippen molar-refractivity contribution < 1.29 is 9.84 Å². The summed E-state index contributed by atoms with van der Waals surface area (Å²) in [6.07, 6.45) is 17.6. The molecule has 0 aromatic heterocycles. The van der Waals surface area contributed by atoms with E-state index in [1.54, 1.807) is 0 Å². The maximum atomic E-state index is 8.75. The molecule has 4 heteroatoms. The standard InChI is InChI=1S/C27H36N2O2/c1-3-24-14-19-27(23(2)22-24)29-28-25-15-17-26(18-16-25)31-21-13-11-9-7-5-4-6-8-10-12-20-30/h1,14-19,22,30H,4-13,20-21H2,2H3. The Morgan fingerprint density at radius 1 is 0.806 bits per heavy atom. The molecule has 31 heavy (non-hydrogen) atoms.